The lowest BCUT2D eigenvalue weighted by atomic mass is 10.0. The summed E-state index contributed by atoms with van der Waals surface area (Å²) in [5, 5.41) is 19.4. The lowest BCUT2D eigenvalue weighted by Crippen LogP contribution is -2.04. The summed E-state index contributed by atoms with van der Waals surface area (Å²) in [6.45, 7) is 1.21. The van der Waals surface area contributed by atoms with E-state index in [4.69, 9.17) is 4.74 Å². The molecule has 0 spiro atoms. The highest BCUT2D eigenvalue weighted by Crippen LogP contribution is 2.38. The number of rotatable bonds is 1. The van der Waals surface area contributed by atoms with E-state index in [1.165, 1.54) is 12.3 Å². The SMILES string of the molecule is Oc1cc(C(F)(F)F)ccc1-c1nnc([N+]#CC2CCOC2)c2cnccc12. The third-order valence-electron chi connectivity index (χ3n) is 4.42. The van der Waals surface area contributed by atoms with E-state index in [1.807, 2.05) is 0 Å². The highest BCUT2D eigenvalue weighted by Gasteiger charge is 2.31. The zero-order valence-electron chi connectivity index (χ0n) is 14.4. The van der Waals surface area contributed by atoms with E-state index in [2.05, 4.69) is 26.1 Å². The first-order valence-electron chi connectivity index (χ1n) is 8.48. The minimum atomic E-state index is -4.55. The second-order valence-electron chi connectivity index (χ2n) is 6.32. The van der Waals surface area contributed by atoms with Crippen molar-refractivity contribution in [2.24, 2.45) is 5.92 Å². The van der Waals surface area contributed by atoms with Crippen LogP contribution in [0.4, 0.5) is 19.0 Å². The van der Waals surface area contributed by atoms with Gasteiger partial charge >= 0.3 is 12.0 Å². The summed E-state index contributed by atoms with van der Waals surface area (Å²) in [5.74, 6) is -0.162. The first-order valence-corrected chi connectivity index (χ1v) is 8.48. The second kappa shape index (κ2) is 7.05. The minimum absolute atomic E-state index is 0.0761. The molecule has 1 aromatic carbocycles. The number of aromatic nitrogens is 3. The molecule has 9 heteroatoms. The summed E-state index contributed by atoms with van der Waals surface area (Å²) in [7, 11) is 0. The Morgan fingerprint density at radius 1 is 1.18 bits per heavy atom. The lowest BCUT2D eigenvalue weighted by Gasteiger charge is -2.09. The van der Waals surface area contributed by atoms with Gasteiger partial charge in [0.2, 0.25) is 0 Å². The molecule has 1 N–H and O–H groups in total. The maximum Gasteiger partial charge on any atom is 0.459 e. The fourth-order valence-corrected chi connectivity index (χ4v) is 2.96. The number of ether oxygens (including phenoxy) is 1. The average molecular weight is 387 g/mol. The standard InChI is InChI=1S/C19H13F3N4O2/c20-19(21,22)12-1-2-14(16(27)7-12)17-13-3-5-23-9-15(13)18(26-25-17)24-8-11-4-6-28-10-11/h1-3,5,7,9,11H,4,6,10H2/p+1. The number of benzene rings is 1. The number of pyridine rings is 1. The lowest BCUT2D eigenvalue weighted by molar-refractivity contribution is -0.137. The van der Waals surface area contributed by atoms with Gasteiger partial charge in [0, 0.05) is 30.0 Å². The summed E-state index contributed by atoms with van der Waals surface area (Å²) in [6.07, 6.45) is -0.659. The molecule has 3 aromatic rings. The molecule has 3 heterocycles. The number of phenols is 1. The molecular weight excluding hydrogens is 373 g/mol. The fourth-order valence-electron chi connectivity index (χ4n) is 2.96. The Morgan fingerprint density at radius 2 is 2.04 bits per heavy atom. The van der Waals surface area contributed by atoms with Gasteiger partial charge in [0.15, 0.2) is 6.07 Å². The van der Waals surface area contributed by atoms with Crippen LogP contribution < -0.4 is 0 Å². The van der Waals surface area contributed by atoms with Crippen molar-refractivity contribution in [3.8, 4) is 23.1 Å². The van der Waals surface area contributed by atoms with E-state index in [0.717, 1.165) is 12.5 Å². The van der Waals surface area contributed by atoms with Gasteiger partial charge < -0.3 is 9.84 Å². The largest absolute Gasteiger partial charge is 0.507 e. The zero-order chi connectivity index (χ0) is 19.7. The Hall–Kier alpha value is -3.25. The Kier molecular flexibility index (Phi) is 4.57. The molecule has 6 nitrogen and oxygen atoms in total. The highest BCUT2D eigenvalue weighted by atomic mass is 19.4. The van der Waals surface area contributed by atoms with E-state index in [1.54, 1.807) is 12.3 Å². The monoisotopic (exact) mass is 387 g/mol. The minimum Gasteiger partial charge on any atom is -0.507 e. The Balaban J connectivity index is 1.80. The van der Waals surface area contributed by atoms with Gasteiger partial charge in [-0.1, -0.05) is 0 Å². The van der Waals surface area contributed by atoms with Crippen LogP contribution in [0.15, 0.2) is 36.7 Å². The van der Waals surface area contributed by atoms with Gasteiger partial charge in [-0.3, -0.25) is 4.98 Å². The third kappa shape index (κ3) is 3.46. The van der Waals surface area contributed by atoms with Crippen LogP contribution in [0.3, 0.4) is 0 Å². The van der Waals surface area contributed by atoms with Gasteiger partial charge in [-0.05, 0) is 35.8 Å². The van der Waals surface area contributed by atoms with Gasteiger partial charge in [-0.2, -0.15) is 18.0 Å². The van der Waals surface area contributed by atoms with Crippen LogP contribution in [0, 0.1) is 12.0 Å². The van der Waals surface area contributed by atoms with Crippen molar-refractivity contribution >= 4 is 16.6 Å². The van der Waals surface area contributed by atoms with Crippen LogP contribution in [-0.2, 0) is 10.9 Å². The molecule has 0 amide bonds. The van der Waals surface area contributed by atoms with Gasteiger partial charge in [-0.25, -0.2) is 0 Å². The summed E-state index contributed by atoms with van der Waals surface area (Å²) in [5.41, 5.74) is -0.561. The van der Waals surface area contributed by atoms with Crippen molar-refractivity contribution in [2.45, 2.75) is 12.6 Å². The number of phenolic OH excluding ortho intramolecular Hbond substituents is 1. The highest BCUT2D eigenvalue weighted by molar-refractivity contribution is 6.00. The smallest absolute Gasteiger partial charge is 0.459 e. The zero-order valence-corrected chi connectivity index (χ0v) is 14.4. The Labute approximate surface area is 157 Å². The van der Waals surface area contributed by atoms with Crippen molar-refractivity contribution in [1.82, 2.24) is 15.2 Å². The molecule has 1 fully saturated rings. The van der Waals surface area contributed by atoms with Crippen LogP contribution in [0.1, 0.15) is 12.0 Å². The van der Waals surface area contributed by atoms with Crippen molar-refractivity contribution in [3.63, 3.8) is 0 Å². The second-order valence-corrected chi connectivity index (χ2v) is 6.32. The van der Waals surface area contributed by atoms with Gasteiger partial charge in [0.1, 0.15) is 16.8 Å². The third-order valence-corrected chi connectivity index (χ3v) is 4.42. The topological polar surface area (TPSA) is 72.5 Å². The number of fused-ring (bicyclic) bond motifs is 1. The van der Waals surface area contributed by atoms with E-state index in [0.29, 0.717) is 35.9 Å². The van der Waals surface area contributed by atoms with Crippen molar-refractivity contribution in [2.75, 3.05) is 13.2 Å². The number of hydrogen-bond donors (Lipinski definition) is 1. The first kappa shape index (κ1) is 18.1. The van der Waals surface area contributed by atoms with Gasteiger partial charge in [0.25, 0.3) is 0 Å². The Bertz CT molecular complexity index is 1100. The molecule has 0 radical (unpaired) electrons. The molecular formula is C19H14F3N4O2+. The predicted molar refractivity (Wildman–Crippen MR) is 95.3 cm³/mol. The maximum atomic E-state index is 12.8. The first-order chi connectivity index (χ1) is 13.4. The molecule has 1 atom stereocenters. The molecule has 0 saturated carbocycles. The van der Waals surface area contributed by atoms with Crippen LogP contribution in [0.2, 0.25) is 0 Å². The normalized spacial score (nSPS) is 16.8. The summed E-state index contributed by atoms with van der Waals surface area (Å²) < 4.78 is 43.8. The van der Waals surface area contributed by atoms with Gasteiger partial charge in [-0.15, -0.1) is 0 Å². The summed E-state index contributed by atoms with van der Waals surface area (Å²) >= 11 is 0. The molecule has 1 unspecified atom stereocenters. The molecule has 1 saturated heterocycles. The van der Waals surface area contributed by atoms with E-state index in [-0.39, 0.29) is 17.2 Å². The fraction of sp³-hybridized carbons (Fsp3) is 0.263. The van der Waals surface area contributed by atoms with Crippen LogP contribution in [0.5, 0.6) is 5.75 Å². The van der Waals surface area contributed by atoms with Crippen molar-refractivity contribution in [3.05, 3.63) is 47.1 Å². The Morgan fingerprint density at radius 3 is 2.75 bits per heavy atom. The van der Waals surface area contributed by atoms with Crippen LogP contribution in [-0.4, -0.2) is 33.5 Å². The molecule has 1 aliphatic rings. The van der Waals surface area contributed by atoms with E-state index < -0.39 is 17.5 Å². The van der Waals surface area contributed by atoms with Gasteiger partial charge in [0.05, 0.1) is 23.2 Å². The maximum absolute atomic E-state index is 12.8. The molecule has 142 valence electrons. The number of alkyl halides is 3. The van der Waals surface area contributed by atoms with E-state index >= 15 is 0 Å². The average Bonchev–Trinajstić information content (AvgIpc) is 3.19. The molecule has 28 heavy (non-hydrogen) atoms. The number of hydrogen-bond acceptors (Lipinski definition) is 5. The summed E-state index contributed by atoms with van der Waals surface area (Å²) in [4.78, 5) is 8.33. The predicted octanol–water partition coefficient (Wildman–Crippen LogP) is 4.42. The van der Waals surface area contributed by atoms with Crippen LogP contribution in [0.25, 0.3) is 26.9 Å². The number of halogens is 3. The molecule has 1 aliphatic heterocycles. The molecule has 0 aliphatic carbocycles. The number of nitrogens with zero attached hydrogens (tertiary/aromatic N) is 4. The number of aromatic hydroxyl groups is 1. The molecule has 2 aromatic heterocycles. The van der Waals surface area contributed by atoms with Crippen molar-refractivity contribution in [1.29, 1.82) is 0 Å². The van der Waals surface area contributed by atoms with Crippen LogP contribution >= 0.6 is 0 Å². The quantitative estimate of drug-likeness (QED) is 0.669. The van der Waals surface area contributed by atoms with Crippen molar-refractivity contribution < 1.29 is 23.0 Å². The summed E-state index contributed by atoms with van der Waals surface area (Å²) in [6, 6.07) is 7.36. The van der Waals surface area contributed by atoms with E-state index in [9.17, 15) is 18.3 Å². The molecule has 4 rings (SSSR count). The molecule has 0 bridgehead atoms.